The SMILES string of the molecule is CC(C)(C)C.CC(C)(C)C.c1ccncc1.c1ccoc1. The molecule has 0 fully saturated rings. The van der Waals surface area contributed by atoms with Gasteiger partial charge in [-0.05, 0) is 35.1 Å². The summed E-state index contributed by atoms with van der Waals surface area (Å²) in [5.41, 5.74) is 1.00. The predicted molar refractivity (Wildman–Crippen MR) is 93.2 cm³/mol. The van der Waals surface area contributed by atoms with Crippen LogP contribution in [0.2, 0.25) is 0 Å². The summed E-state index contributed by atoms with van der Waals surface area (Å²) < 4.78 is 4.58. The summed E-state index contributed by atoms with van der Waals surface area (Å²) in [7, 11) is 0. The van der Waals surface area contributed by atoms with E-state index in [0.29, 0.717) is 10.8 Å². The number of nitrogens with zero attached hydrogens (tertiary/aromatic N) is 1. The van der Waals surface area contributed by atoms with Crippen molar-refractivity contribution in [1.29, 1.82) is 0 Å². The van der Waals surface area contributed by atoms with E-state index in [-0.39, 0.29) is 0 Å². The maximum absolute atomic E-state index is 4.58. The monoisotopic (exact) mass is 291 g/mol. The quantitative estimate of drug-likeness (QED) is 0.556. The lowest BCUT2D eigenvalue weighted by molar-refractivity contribution is 0.469. The second-order valence-electron chi connectivity index (χ2n) is 7.82. The summed E-state index contributed by atoms with van der Waals surface area (Å²) in [4.78, 5) is 3.78. The van der Waals surface area contributed by atoms with Gasteiger partial charge in [-0.3, -0.25) is 4.98 Å². The highest BCUT2D eigenvalue weighted by Crippen LogP contribution is 2.08. The molecule has 2 nitrogen and oxygen atoms in total. The standard InChI is InChI=1S/C5H5N.2C5H12.C4H4O/c1-2-4-6-5-3-1;2*1-5(2,3)4;1-2-4-5-3-1/h1-5H;2*1-4H3;1-4H. The van der Waals surface area contributed by atoms with Crippen LogP contribution in [0.1, 0.15) is 55.4 Å². The Balaban J connectivity index is 0. The van der Waals surface area contributed by atoms with Gasteiger partial charge in [0.1, 0.15) is 0 Å². The van der Waals surface area contributed by atoms with Crippen LogP contribution in [0.15, 0.2) is 59.7 Å². The maximum atomic E-state index is 4.58. The molecule has 0 saturated carbocycles. The molecule has 0 spiro atoms. The van der Waals surface area contributed by atoms with Crippen LogP contribution < -0.4 is 0 Å². The molecule has 2 aromatic heterocycles. The molecule has 2 heterocycles. The first-order valence-electron chi connectivity index (χ1n) is 7.32. The number of rotatable bonds is 0. The fraction of sp³-hybridized carbons (Fsp3) is 0.526. The Morgan fingerprint density at radius 2 is 0.905 bits per heavy atom. The molecule has 0 aliphatic carbocycles. The van der Waals surface area contributed by atoms with Crippen LogP contribution in [-0.4, -0.2) is 4.98 Å². The third-order valence-corrected chi connectivity index (χ3v) is 0.992. The highest BCUT2D eigenvalue weighted by Gasteiger charge is 1.96. The second-order valence-corrected chi connectivity index (χ2v) is 7.82. The van der Waals surface area contributed by atoms with Crippen LogP contribution in [0.4, 0.5) is 0 Å². The average Bonchev–Trinajstić information content (AvgIpc) is 2.85. The number of furan rings is 1. The Bertz CT molecular complexity index is 312. The van der Waals surface area contributed by atoms with Crippen molar-refractivity contribution < 1.29 is 4.42 Å². The van der Waals surface area contributed by atoms with E-state index in [0.717, 1.165) is 0 Å². The Labute approximate surface area is 131 Å². The predicted octanol–water partition coefficient (Wildman–Crippen LogP) is 6.47. The average molecular weight is 291 g/mol. The van der Waals surface area contributed by atoms with E-state index in [9.17, 15) is 0 Å². The van der Waals surface area contributed by atoms with Crippen LogP contribution in [0.5, 0.6) is 0 Å². The molecule has 0 bridgehead atoms. The highest BCUT2D eigenvalue weighted by atomic mass is 16.3. The van der Waals surface area contributed by atoms with E-state index in [2.05, 4.69) is 64.8 Å². The zero-order valence-corrected chi connectivity index (χ0v) is 15.1. The van der Waals surface area contributed by atoms with Gasteiger partial charge in [-0.1, -0.05) is 61.5 Å². The van der Waals surface area contributed by atoms with E-state index in [1.165, 1.54) is 0 Å². The second kappa shape index (κ2) is 12.2. The lowest BCUT2D eigenvalue weighted by Crippen LogP contribution is -1.93. The summed E-state index contributed by atoms with van der Waals surface area (Å²) in [6.07, 6.45) is 6.75. The fourth-order valence-corrected chi connectivity index (χ4v) is 0.539. The maximum Gasteiger partial charge on any atom is 0.0902 e. The minimum absolute atomic E-state index is 0.500. The molecule has 0 aromatic carbocycles. The van der Waals surface area contributed by atoms with E-state index < -0.39 is 0 Å². The number of pyridine rings is 1. The van der Waals surface area contributed by atoms with Gasteiger partial charge in [-0.2, -0.15) is 0 Å². The Morgan fingerprint density at radius 3 is 1.00 bits per heavy atom. The Morgan fingerprint density at radius 1 is 0.571 bits per heavy atom. The van der Waals surface area contributed by atoms with Gasteiger partial charge in [0, 0.05) is 12.4 Å². The summed E-state index contributed by atoms with van der Waals surface area (Å²) in [6.45, 7) is 17.5. The van der Waals surface area contributed by atoms with Gasteiger partial charge in [0.25, 0.3) is 0 Å². The third kappa shape index (κ3) is 55.9. The van der Waals surface area contributed by atoms with E-state index in [1.54, 1.807) is 24.9 Å². The van der Waals surface area contributed by atoms with Crippen LogP contribution in [0.3, 0.4) is 0 Å². The molecule has 0 N–H and O–H groups in total. The largest absolute Gasteiger partial charge is 0.473 e. The molecule has 21 heavy (non-hydrogen) atoms. The molecular weight excluding hydrogens is 258 g/mol. The van der Waals surface area contributed by atoms with Gasteiger partial charge < -0.3 is 4.42 Å². The van der Waals surface area contributed by atoms with Crippen molar-refractivity contribution in [1.82, 2.24) is 4.98 Å². The number of hydrogen-bond donors (Lipinski definition) is 0. The molecule has 0 amide bonds. The molecule has 0 unspecified atom stereocenters. The van der Waals surface area contributed by atoms with Crippen molar-refractivity contribution >= 4 is 0 Å². The molecule has 0 saturated heterocycles. The van der Waals surface area contributed by atoms with E-state index >= 15 is 0 Å². The lowest BCUT2D eigenvalue weighted by atomic mass is 10.0. The van der Waals surface area contributed by atoms with Gasteiger partial charge in [-0.15, -0.1) is 0 Å². The summed E-state index contributed by atoms with van der Waals surface area (Å²) >= 11 is 0. The van der Waals surface area contributed by atoms with Crippen molar-refractivity contribution in [2.24, 2.45) is 10.8 Å². The van der Waals surface area contributed by atoms with Gasteiger partial charge in [0.05, 0.1) is 12.5 Å². The number of hydrogen-bond acceptors (Lipinski definition) is 2. The number of aromatic nitrogens is 1. The minimum Gasteiger partial charge on any atom is -0.473 e. The first-order chi connectivity index (χ1) is 9.50. The van der Waals surface area contributed by atoms with Gasteiger partial charge >= 0.3 is 0 Å². The van der Waals surface area contributed by atoms with Gasteiger partial charge in [0.15, 0.2) is 0 Å². The topological polar surface area (TPSA) is 26.0 Å². The van der Waals surface area contributed by atoms with Crippen molar-refractivity contribution in [3.05, 3.63) is 55.3 Å². The molecule has 120 valence electrons. The molecule has 0 aliphatic rings. The summed E-state index contributed by atoms with van der Waals surface area (Å²) in [6, 6.07) is 9.38. The minimum atomic E-state index is 0.500. The van der Waals surface area contributed by atoms with Crippen molar-refractivity contribution in [2.75, 3.05) is 0 Å². The van der Waals surface area contributed by atoms with E-state index in [4.69, 9.17) is 0 Å². The van der Waals surface area contributed by atoms with Crippen LogP contribution in [0.25, 0.3) is 0 Å². The highest BCUT2D eigenvalue weighted by molar-refractivity contribution is 4.88. The molecule has 2 heteroatoms. The van der Waals surface area contributed by atoms with Crippen molar-refractivity contribution in [3.8, 4) is 0 Å². The first-order valence-corrected chi connectivity index (χ1v) is 7.32. The normalized spacial score (nSPS) is 9.90. The zero-order valence-electron chi connectivity index (χ0n) is 15.1. The third-order valence-electron chi connectivity index (χ3n) is 0.992. The smallest absolute Gasteiger partial charge is 0.0902 e. The Hall–Kier alpha value is -1.57. The fourth-order valence-electron chi connectivity index (χ4n) is 0.539. The summed E-state index contributed by atoms with van der Waals surface area (Å²) in [5.74, 6) is 0. The zero-order chi connectivity index (χ0) is 16.8. The lowest BCUT2D eigenvalue weighted by Gasteiger charge is -2.05. The van der Waals surface area contributed by atoms with Crippen LogP contribution in [-0.2, 0) is 0 Å². The van der Waals surface area contributed by atoms with Gasteiger partial charge in [0.2, 0.25) is 0 Å². The molecule has 2 aromatic rings. The summed E-state index contributed by atoms with van der Waals surface area (Å²) in [5, 5.41) is 0. The van der Waals surface area contributed by atoms with E-state index in [1.807, 2.05) is 30.3 Å². The molecule has 0 aliphatic heterocycles. The van der Waals surface area contributed by atoms with Gasteiger partial charge in [-0.25, -0.2) is 0 Å². The Kier molecular flexibility index (Phi) is 12.6. The van der Waals surface area contributed by atoms with Crippen molar-refractivity contribution in [3.63, 3.8) is 0 Å². The molecule has 0 atom stereocenters. The van der Waals surface area contributed by atoms with Crippen molar-refractivity contribution in [2.45, 2.75) is 55.4 Å². The molecule has 0 radical (unpaired) electrons. The first kappa shape index (κ1) is 21.7. The molecule has 2 rings (SSSR count). The van der Waals surface area contributed by atoms with Crippen LogP contribution >= 0.6 is 0 Å². The van der Waals surface area contributed by atoms with Crippen LogP contribution in [0, 0.1) is 10.8 Å². The molecular formula is C19H33NO.